The maximum Gasteiger partial charge on any atom is 0.416 e. The van der Waals surface area contributed by atoms with Gasteiger partial charge in [-0.25, -0.2) is 0 Å². The smallest absolute Gasteiger partial charge is 0.397 e. The van der Waals surface area contributed by atoms with Crippen LogP contribution >= 0.6 is 12.4 Å². The Kier molecular flexibility index (Phi) is 4.14. The third-order valence-electron chi connectivity index (χ3n) is 2.80. The van der Waals surface area contributed by atoms with Crippen LogP contribution in [0.1, 0.15) is 18.4 Å². The molecule has 17 heavy (non-hydrogen) atoms. The average Bonchev–Trinajstić information content (AvgIpc) is 2.69. The topological polar surface area (TPSA) is 29.3 Å². The third kappa shape index (κ3) is 2.97. The van der Waals surface area contributed by atoms with Gasteiger partial charge in [0, 0.05) is 13.1 Å². The molecular weight excluding hydrogens is 253 g/mol. The van der Waals surface area contributed by atoms with Gasteiger partial charge in [-0.05, 0) is 31.0 Å². The Bertz CT molecular complexity index is 387. The number of halogens is 4. The predicted octanol–water partition coefficient (Wildman–Crippen LogP) is 3.31. The van der Waals surface area contributed by atoms with Gasteiger partial charge >= 0.3 is 6.18 Å². The normalized spacial score (nSPS) is 15.8. The van der Waals surface area contributed by atoms with E-state index in [2.05, 4.69) is 0 Å². The summed E-state index contributed by atoms with van der Waals surface area (Å²) in [6.45, 7) is 1.74. The Labute approximate surface area is 104 Å². The van der Waals surface area contributed by atoms with E-state index < -0.39 is 11.7 Å². The first-order valence-electron chi connectivity index (χ1n) is 5.20. The van der Waals surface area contributed by atoms with Crippen LogP contribution in [0.15, 0.2) is 18.2 Å². The Morgan fingerprint density at radius 2 is 1.71 bits per heavy atom. The van der Waals surface area contributed by atoms with Crippen LogP contribution in [0.25, 0.3) is 0 Å². The summed E-state index contributed by atoms with van der Waals surface area (Å²) in [6, 6.07) is 3.56. The van der Waals surface area contributed by atoms with Crippen LogP contribution in [0.3, 0.4) is 0 Å². The van der Waals surface area contributed by atoms with Gasteiger partial charge in [0.1, 0.15) is 0 Å². The molecule has 0 amide bonds. The SMILES string of the molecule is Cl.Nc1cc(C(F)(F)F)ccc1N1CCCC1. The molecule has 2 nitrogen and oxygen atoms in total. The van der Waals surface area contributed by atoms with Crippen LogP contribution < -0.4 is 10.6 Å². The molecule has 2 N–H and O–H groups in total. The second-order valence-corrected chi connectivity index (χ2v) is 3.97. The van der Waals surface area contributed by atoms with Crippen molar-refractivity contribution in [2.75, 3.05) is 23.7 Å². The highest BCUT2D eigenvalue weighted by Gasteiger charge is 2.31. The molecule has 1 fully saturated rings. The molecule has 0 bridgehead atoms. The minimum Gasteiger partial charge on any atom is -0.397 e. The monoisotopic (exact) mass is 266 g/mol. The fourth-order valence-electron chi connectivity index (χ4n) is 1.98. The number of alkyl halides is 3. The molecule has 0 aliphatic carbocycles. The minimum absolute atomic E-state index is 0. The van der Waals surface area contributed by atoms with E-state index in [0.717, 1.165) is 38.1 Å². The highest BCUT2D eigenvalue weighted by molar-refractivity contribution is 5.85. The molecule has 0 radical (unpaired) electrons. The average molecular weight is 267 g/mol. The number of nitrogen functional groups attached to an aromatic ring is 1. The van der Waals surface area contributed by atoms with Crippen molar-refractivity contribution in [3.05, 3.63) is 23.8 Å². The Morgan fingerprint density at radius 3 is 2.18 bits per heavy atom. The lowest BCUT2D eigenvalue weighted by Gasteiger charge is -2.20. The lowest BCUT2D eigenvalue weighted by molar-refractivity contribution is -0.137. The summed E-state index contributed by atoms with van der Waals surface area (Å²) >= 11 is 0. The Hall–Kier alpha value is -1.10. The van der Waals surface area contributed by atoms with Crippen molar-refractivity contribution in [3.8, 4) is 0 Å². The molecule has 1 aromatic carbocycles. The van der Waals surface area contributed by atoms with Crippen LogP contribution in [-0.2, 0) is 6.18 Å². The van der Waals surface area contributed by atoms with Gasteiger partial charge in [-0.15, -0.1) is 12.4 Å². The van der Waals surface area contributed by atoms with E-state index in [1.54, 1.807) is 0 Å². The van der Waals surface area contributed by atoms with Crippen LogP contribution in [0.4, 0.5) is 24.5 Å². The summed E-state index contributed by atoms with van der Waals surface area (Å²) in [7, 11) is 0. The maximum atomic E-state index is 12.4. The number of hydrogen-bond acceptors (Lipinski definition) is 2. The summed E-state index contributed by atoms with van der Waals surface area (Å²) in [5.74, 6) is 0. The zero-order valence-corrected chi connectivity index (χ0v) is 9.94. The molecule has 1 aliphatic rings. The van der Waals surface area contributed by atoms with Gasteiger partial charge in [-0.3, -0.25) is 0 Å². The van der Waals surface area contributed by atoms with Crippen LogP contribution in [0.2, 0.25) is 0 Å². The van der Waals surface area contributed by atoms with Crippen molar-refractivity contribution in [2.24, 2.45) is 0 Å². The molecule has 0 saturated carbocycles. The van der Waals surface area contributed by atoms with Gasteiger partial charge in [0.05, 0.1) is 16.9 Å². The molecule has 1 saturated heterocycles. The first-order valence-corrected chi connectivity index (χ1v) is 5.20. The van der Waals surface area contributed by atoms with Crippen molar-refractivity contribution in [1.29, 1.82) is 0 Å². The zero-order chi connectivity index (χ0) is 11.8. The summed E-state index contributed by atoms with van der Waals surface area (Å²) in [5, 5.41) is 0. The second-order valence-electron chi connectivity index (χ2n) is 3.97. The van der Waals surface area contributed by atoms with Crippen LogP contribution in [0, 0.1) is 0 Å². The summed E-state index contributed by atoms with van der Waals surface area (Å²) < 4.78 is 37.2. The van der Waals surface area contributed by atoms with Gasteiger partial charge in [0.25, 0.3) is 0 Å². The van der Waals surface area contributed by atoms with E-state index >= 15 is 0 Å². The summed E-state index contributed by atoms with van der Waals surface area (Å²) in [4.78, 5) is 2.02. The Balaban J connectivity index is 0.00000144. The molecule has 1 heterocycles. The third-order valence-corrected chi connectivity index (χ3v) is 2.80. The molecule has 1 aromatic rings. The number of nitrogens with two attached hydrogens (primary N) is 1. The number of benzene rings is 1. The van der Waals surface area contributed by atoms with E-state index in [1.807, 2.05) is 4.90 Å². The first kappa shape index (κ1) is 14.0. The number of hydrogen-bond donors (Lipinski definition) is 1. The van der Waals surface area contributed by atoms with E-state index in [1.165, 1.54) is 6.07 Å². The van der Waals surface area contributed by atoms with Crippen molar-refractivity contribution >= 4 is 23.8 Å². The van der Waals surface area contributed by atoms with Gasteiger partial charge in [0.15, 0.2) is 0 Å². The Morgan fingerprint density at radius 1 is 1.12 bits per heavy atom. The van der Waals surface area contributed by atoms with E-state index in [0.29, 0.717) is 5.69 Å². The molecular formula is C11H14ClF3N2. The molecule has 0 aromatic heterocycles. The molecule has 0 spiro atoms. The molecule has 6 heteroatoms. The number of nitrogens with zero attached hydrogens (tertiary/aromatic N) is 1. The predicted molar refractivity (Wildman–Crippen MR) is 64.6 cm³/mol. The lowest BCUT2D eigenvalue weighted by atomic mass is 10.1. The van der Waals surface area contributed by atoms with Gasteiger partial charge in [-0.1, -0.05) is 0 Å². The lowest BCUT2D eigenvalue weighted by Crippen LogP contribution is -2.19. The molecule has 0 unspecified atom stereocenters. The van der Waals surface area contributed by atoms with E-state index in [-0.39, 0.29) is 18.1 Å². The largest absolute Gasteiger partial charge is 0.416 e. The summed E-state index contributed by atoms with van der Waals surface area (Å²) in [6.07, 6.45) is -2.18. The van der Waals surface area contributed by atoms with Gasteiger partial charge < -0.3 is 10.6 Å². The van der Waals surface area contributed by atoms with Crippen molar-refractivity contribution < 1.29 is 13.2 Å². The highest BCUT2D eigenvalue weighted by Crippen LogP contribution is 2.34. The summed E-state index contributed by atoms with van der Waals surface area (Å²) in [5.41, 5.74) is 5.89. The fourth-order valence-corrected chi connectivity index (χ4v) is 1.98. The van der Waals surface area contributed by atoms with Crippen molar-refractivity contribution in [3.63, 3.8) is 0 Å². The number of rotatable bonds is 1. The van der Waals surface area contributed by atoms with E-state index in [4.69, 9.17) is 5.73 Å². The van der Waals surface area contributed by atoms with Gasteiger partial charge in [0.2, 0.25) is 0 Å². The number of anilines is 2. The minimum atomic E-state index is -4.32. The first-order chi connectivity index (χ1) is 7.48. The highest BCUT2D eigenvalue weighted by atomic mass is 35.5. The van der Waals surface area contributed by atoms with Crippen LogP contribution in [0.5, 0.6) is 0 Å². The zero-order valence-electron chi connectivity index (χ0n) is 9.13. The van der Waals surface area contributed by atoms with Gasteiger partial charge in [-0.2, -0.15) is 13.2 Å². The standard InChI is InChI=1S/C11H13F3N2.ClH/c12-11(13,14)8-3-4-10(9(15)7-8)16-5-1-2-6-16;/h3-4,7H,1-2,5-6,15H2;1H. The maximum absolute atomic E-state index is 12.4. The van der Waals surface area contributed by atoms with Crippen molar-refractivity contribution in [1.82, 2.24) is 0 Å². The molecule has 0 atom stereocenters. The van der Waals surface area contributed by atoms with Crippen LogP contribution in [-0.4, -0.2) is 13.1 Å². The molecule has 2 rings (SSSR count). The molecule has 1 aliphatic heterocycles. The second kappa shape index (κ2) is 5.04. The van der Waals surface area contributed by atoms with E-state index in [9.17, 15) is 13.2 Å². The van der Waals surface area contributed by atoms with Crippen molar-refractivity contribution in [2.45, 2.75) is 19.0 Å². The fraction of sp³-hybridized carbons (Fsp3) is 0.455. The molecule has 96 valence electrons. The quantitative estimate of drug-likeness (QED) is 0.790.